The quantitative estimate of drug-likeness (QED) is 0.170. The molecule has 0 fully saturated rings. The maximum atomic E-state index is 13.3. The van der Waals surface area contributed by atoms with Gasteiger partial charge in [-0.05, 0) is 90.9 Å². The van der Waals surface area contributed by atoms with Gasteiger partial charge in [-0.1, -0.05) is 32.1 Å². The molecule has 2 aromatic carbocycles. The number of hydrogen-bond donors (Lipinski definition) is 2. The summed E-state index contributed by atoms with van der Waals surface area (Å²) in [5, 5.41) is 0.665. The van der Waals surface area contributed by atoms with Crippen LogP contribution in [0.1, 0.15) is 50.0 Å². The number of aromatic nitrogens is 1. The van der Waals surface area contributed by atoms with E-state index < -0.39 is 31.4 Å². The van der Waals surface area contributed by atoms with Gasteiger partial charge in [0.2, 0.25) is 0 Å². The van der Waals surface area contributed by atoms with Crippen LogP contribution in [0.2, 0.25) is 0 Å². The van der Waals surface area contributed by atoms with E-state index in [4.69, 9.17) is 4.42 Å². The molecule has 13 heteroatoms. The lowest BCUT2D eigenvalue weighted by Crippen LogP contribution is -2.28. The fourth-order valence-corrected chi connectivity index (χ4v) is 8.69. The molecule has 0 bridgehead atoms. The van der Waals surface area contributed by atoms with Crippen molar-refractivity contribution in [2.45, 2.75) is 49.8 Å². The normalized spacial score (nSPS) is 17.8. The topological polar surface area (TPSA) is 155 Å². The molecule has 0 spiro atoms. The Morgan fingerprint density at radius 2 is 1.79 bits per heavy atom. The molecule has 2 aliphatic heterocycles. The van der Waals surface area contributed by atoms with Gasteiger partial charge in [-0.3, -0.25) is 13.9 Å². The van der Waals surface area contributed by atoms with E-state index in [1.165, 1.54) is 29.5 Å². The Balaban J connectivity index is 1.28. The molecule has 10 nitrogen and oxygen atoms in total. The van der Waals surface area contributed by atoms with E-state index in [2.05, 4.69) is 11.1 Å². The molecule has 1 aromatic heterocycles. The van der Waals surface area contributed by atoms with E-state index in [0.29, 0.717) is 33.3 Å². The Kier molecular flexibility index (Phi) is 7.95. The largest absolute Gasteiger partial charge is 0.456 e. The zero-order valence-electron chi connectivity index (χ0n) is 26.1. The first-order valence-electron chi connectivity index (χ1n) is 15.4. The smallest absolute Gasteiger partial charge is 0.294 e. The fourth-order valence-electron chi connectivity index (χ4n) is 6.70. The second kappa shape index (κ2) is 11.8. The summed E-state index contributed by atoms with van der Waals surface area (Å²) >= 11 is 1.48. The van der Waals surface area contributed by atoms with Gasteiger partial charge in [-0.15, -0.1) is 11.3 Å². The van der Waals surface area contributed by atoms with Gasteiger partial charge < -0.3 is 9.32 Å². The number of rotatable bonds is 7. The zero-order chi connectivity index (χ0) is 34.0. The van der Waals surface area contributed by atoms with Crippen LogP contribution < -0.4 is 10.3 Å². The van der Waals surface area contributed by atoms with E-state index in [1.807, 2.05) is 61.2 Å². The first-order valence-corrected chi connectivity index (χ1v) is 19.3. The maximum absolute atomic E-state index is 13.3. The molecule has 4 aliphatic rings. The van der Waals surface area contributed by atoms with Crippen molar-refractivity contribution in [3.8, 4) is 21.9 Å². The van der Waals surface area contributed by atoms with Gasteiger partial charge in [0, 0.05) is 35.0 Å². The van der Waals surface area contributed by atoms with Crippen LogP contribution in [0.25, 0.3) is 37.7 Å². The number of fused-ring (bicyclic) bond motifs is 4. The molecule has 48 heavy (non-hydrogen) atoms. The third-order valence-corrected chi connectivity index (χ3v) is 11.8. The zero-order valence-corrected chi connectivity index (χ0v) is 28.6. The number of aryl methyl sites for hydroxylation is 1. The number of thiazole rings is 1. The van der Waals surface area contributed by atoms with Crippen LogP contribution in [0, 0.1) is 0 Å². The standard InChI is InChI=1S/C35H32N2O8S3/c1-35(2)26-19-24(48(42,43)44)12-13-28(26)37(15-6-16-47(39,40)41)32(35)14-11-21-7-5-8-22-17-23-18-25(29(38)20-30(23)45-33(21)22)34-36-27-9-3-4-10-31(27)46-34/h3-4,9-14,17-20H,5-8,15-16H2,1-2H3,(H,39,40,41)(H,42,43,44). The molecule has 3 aromatic rings. The van der Waals surface area contributed by atoms with Crippen LogP contribution in [0.15, 0.2) is 92.6 Å². The van der Waals surface area contributed by atoms with E-state index in [-0.39, 0.29) is 23.3 Å². The molecule has 0 atom stereocenters. The van der Waals surface area contributed by atoms with Crippen LogP contribution in [0.3, 0.4) is 0 Å². The van der Waals surface area contributed by atoms with Crippen LogP contribution in [-0.2, 0) is 32.1 Å². The van der Waals surface area contributed by atoms with Crippen molar-refractivity contribution < 1.29 is 30.4 Å². The van der Waals surface area contributed by atoms with Gasteiger partial charge >= 0.3 is 0 Å². The third-order valence-electron chi connectivity index (χ3n) is 9.04. The Labute approximate surface area is 281 Å². The summed E-state index contributed by atoms with van der Waals surface area (Å²) in [5.41, 5.74) is 5.35. The number of hydrogen-bond acceptors (Lipinski definition) is 9. The number of nitrogens with zero attached hydrogens (tertiary/aromatic N) is 2. The molecule has 3 heterocycles. The summed E-state index contributed by atoms with van der Waals surface area (Å²) in [7, 11) is -8.64. The van der Waals surface area contributed by atoms with E-state index in [1.54, 1.807) is 6.07 Å². The number of para-hydroxylation sites is 1. The van der Waals surface area contributed by atoms with Gasteiger partial charge in [0.05, 0.1) is 26.4 Å². The summed E-state index contributed by atoms with van der Waals surface area (Å²) < 4.78 is 73.4. The minimum Gasteiger partial charge on any atom is -0.456 e. The molecular weight excluding hydrogens is 673 g/mol. The second-order valence-electron chi connectivity index (χ2n) is 12.6. The van der Waals surface area contributed by atoms with Gasteiger partial charge in [-0.25, -0.2) is 4.98 Å². The van der Waals surface area contributed by atoms with E-state index in [9.17, 15) is 30.7 Å². The van der Waals surface area contributed by atoms with Crippen LogP contribution >= 0.6 is 11.3 Å². The molecule has 7 rings (SSSR count). The minimum absolute atomic E-state index is 0.128. The van der Waals surface area contributed by atoms with Crippen LogP contribution in [-0.4, -0.2) is 43.2 Å². The van der Waals surface area contributed by atoms with Crippen LogP contribution in [0.4, 0.5) is 5.69 Å². The summed E-state index contributed by atoms with van der Waals surface area (Å²) in [6.45, 7) is 4.10. The SMILES string of the molecule is CC1(C)C(=CC=C2CCCc3cc4cc(-c5nc6ccccc6s5)c(=O)cc-4oc32)N(CCCS(=O)(=O)O)c2ccc(S(=O)(=O)O)cc21. The highest BCUT2D eigenvalue weighted by Gasteiger charge is 2.40. The van der Waals surface area contributed by atoms with Crippen molar-refractivity contribution in [2.24, 2.45) is 0 Å². The molecule has 0 saturated carbocycles. The van der Waals surface area contributed by atoms with E-state index in [0.717, 1.165) is 51.9 Å². The Bertz CT molecular complexity index is 2390. The van der Waals surface area contributed by atoms with Crippen molar-refractivity contribution >= 4 is 53.1 Å². The predicted octanol–water partition coefficient (Wildman–Crippen LogP) is 6.95. The van der Waals surface area contributed by atoms with Crippen molar-refractivity contribution in [1.82, 2.24) is 4.98 Å². The molecule has 0 unspecified atom stereocenters. The first kappa shape index (κ1) is 32.4. The summed E-state index contributed by atoms with van der Waals surface area (Å²) in [5.74, 6) is 0.734. The molecule has 0 radical (unpaired) electrons. The van der Waals surface area contributed by atoms with Gasteiger partial charge in [-0.2, -0.15) is 16.8 Å². The first-order chi connectivity index (χ1) is 22.7. The molecular formula is C35H32N2O8S3. The lowest BCUT2D eigenvalue weighted by molar-refractivity contribution is 0.479. The second-order valence-corrected chi connectivity index (χ2v) is 16.7. The molecule has 0 saturated heterocycles. The average Bonchev–Trinajstić information content (AvgIpc) is 3.54. The third kappa shape index (κ3) is 6.01. The minimum atomic E-state index is -4.45. The van der Waals surface area contributed by atoms with E-state index >= 15 is 0 Å². The van der Waals surface area contributed by atoms with Crippen molar-refractivity contribution in [1.29, 1.82) is 0 Å². The van der Waals surface area contributed by atoms with Crippen molar-refractivity contribution in [3.05, 3.63) is 106 Å². The van der Waals surface area contributed by atoms with Gasteiger partial charge in [0.15, 0.2) is 5.43 Å². The highest BCUT2D eigenvalue weighted by molar-refractivity contribution is 7.86. The number of allylic oxidation sites excluding steroid dienone is 4. The lowest BCUT2D eigenvalue weighted by Gasteiger charge is -2.27. The Hall–Kier alpha value is -4.14. The van der Waals surface area contributed by atoms with Crippen LogP contribution in [0.5, 0.6) is 0 Å². The van der Waals surface area contributed by atoms with Crippen molar-refractivity contribution in [3.63, 3.8) is 0 Å². The maximum Gasteiger partial charge on any atom is 0.294 e. The van der Waals surface area contributed by atoms with Crippen molar-refractivity contribution in [2.75, 3.05) is 17.2 Å². The molecule has 248 valence electrons. The fraction of sp³-hybridized carbons (Fsp3) is 0.257. The Morgan fingerprint density at radius 1 is 1.00 bits per heavy atom. The molecule has 2 N–H and O–H groups in total. The number of benzene rings is 3. The van der Waals surface area contributed by atoms with Gasteiger partial charge in [0.1, 0.15) is 16.5 Å². The highest BCUT2D eigenvalue weighted by atomic mass is 32.2. The molecule has 0 amide bonds. The number of anilines is 1. The summed E-state index contributed by atoms with van der Waals surface area (Å²) in [6, 6.07) is 17.6. The average molecular weight is 705 g/mol. The molecule has 2 aliphatic carbocycles. The Morgan fingerprint density at radius 3 is 2.54 bits per heavy atom. The van der Waals surface area contributed by atoms with Gasteiger partial charge in [0.25, 0.3) is 20.2 Å². The lowest BCUT2D eigenvalue weighted by atomic mass is 9.83. The highest BCUT2D eigenvalue weighted by Crippen LogP contribution is 2.49. The summed E-state index contributed by atoms with van der Waals surface area (Å²) in [4.78, 5) is 19.6. The summed E-state index contributed by atoms with van der Waals surface area (Å²) in [6.07, 6.45) is 6.43. The predicted molar refractivity (Wildman–Crippen MR) is 187 cm³/mol. The monoisotopic (exact) mass is 704 g/mol.